The Morgan fingerprint density at radius 3 is 2.48 bits per heavy atom. The van der Waals surface area contributed by atoms with E-state index in [0.29, 0.717) is 6.54 Å². The first-order valence-corrected chi connectivity index (χ1v) is 7.29. The molecule has 7 heteroatoms. The fraction of sp³-hybridized carbons (Fsp3) is 0.857. The molecule has 0 aliphatic carbocycles. The molecule has 1 atom stereocenters. The van der Waals surface area contributed by atoms with Crippen LogP contribution in [0.2, 0.25) is 0 Å². The third-order valence-electron chi connectivity index (χ3n) is 4.10. The average molecular weight is 301 g/mol. The monoisotopic (exact) mass is 301 g/mol. The van der Waals surface area contributed by atoms with Crippen LogP contribution in [-0.4, -0.2) is 68.4 Å². The predicted octanol–water partition coefficient (Wildman–Crippen LogP) is 0.507. The molecular formula is C14H27N3O4. The normalized spacial score (nSPS) is 19.8. The van der Waals surface area contributed by atoms with Crippen LogP contribution >= 0.6 is 0 Å². The van der Waals surface area contributed by atoms with Gasteiger partial charge < -0.3 is 25.4 Å². The van der Waals surface area contributed by atoms with Crippen LogP contribution in [0.15, 0.2) is 0 Å². The Morgan fingerprint density at radius 2 is 1.95 bits per heavy atom. The molecule has 1 heterocycles. The summed E-state index contributed by atoms with van der Waals surface area (Å²) in [6.45, 7) is 5.09. The number of aliphatic carboxylic acids is 1. The van der Waals surface area contributed by atoms with Crippen LogP contribution in [0.3, 0.4) is 0 Å². The van der Waals surface area contributed by atoms with E-state index >= 15 is 0 Å². The number of carboxylic acids is 1. The van der Waals surface area contributed by atoms with Crippen molar-refractivity contribution in [3.63, 3.8) is 0 Å². The highest BCUT2D eigenvalue weighted by molar-refractivity contribution is 5.74. The lowest BCUT2D eigenvalue weighted by molar-refractivity contribution is -0.139. The van der Waals surface area contributed by atoms with Crippen molar-refractivity contribution in [2.24, 2.45) is 5.41 Å². The smallest absolute Gasteiger partial charge is 0.314 e. The molecule has 21 heavy (non-hydrogen) atoms. The lowest BCUT2D eigenvalue weighted by Crippen LogP contribution is -2.47. The Bertz CT molecular complexity index is 354. The molecule has 3 N–H and O–H groups in total. The topological polar surface area (TPSA) is 90.9 Å². The number of urea groups is 1. The number of methoxy groups -OCH3 is 1. The zero-order chi connectivity index (χ0) is 15.9. The largest absolute Gasteiger partial charge is 0.481 e. The molecule has 0 bridgehead atoms. The quantitative estimate of drug-likeness (QED) is 0.637. The number of piperidine rings is 1. The summed E-state index contributed by atoms with van der Waals surface area (Å²) in [4.78, 5) is 24.7. The number of carboxylic acid groups (broad SMARTS) is 1. The van der Waals surface area contributed by atoms with E-state index in [-0.39, 0.29) is 24.4 Å². The second kappa shape index (κ2) is 8.19. The van der Waals surface area contributed by atoms with E-state index in [1.807, 2.05) is 0 Å². The maximum atomic E-state index is 11.8. The Morgan fingerprint density at radius 1 is 1.33 bits per heavy atom. The number of hydrogen-bond donors (Lipinski definition) is 3. The minimum atomic E-state index is -0.942. The number of rotatable bonds is 7. The van der Waals surface area contributed by atoms with Gasteiger partial charge in [0.2, 0.25) is 0 Å². The van der Waals surface area contributed by atoms with E-state index in [1.54, 1.807) is 0 Å². The van der Waals surface area contributed by atoms with Gasteiger partial charge in [-0.25, -0.2) is 4.79 Å². The standard InChI is InChI=1S/C14H27N3O4/c1-14(4-6-17(2)7-5-14)10-16-13(20)15-9-11(21-3)8-12(18)19/h11H,4-10H2,1-3H3,(H,18,19)(H2,15,16,20). The molecule has 1 fully saturated rings. The number of ether oxygens (including phenoxy) is 1. The summed E-state index contributed by atoms with van der Waals surface area (Å²) in [5.41, 5.74) is 0.131. The number of nitrogens with one attached hydrogen (secondary N) is 2. The van der Waals surface area contributed by atoms with Crippen molar-refractivity contribution >= 4 is 12.0 Å². The minimum absolute atomic E-state index is 0.124. The molecule has 2 amide bonds. The molecule has 1 aliphatic heterocycles. The fourth-order valence-corrected chi connectivity index (χ4v) is 2.33. The second-order valence-electron chi connectivity index (χ2n) is 6.13. The molecule has 1 unspecified atom stereocenters. The van der Waals surface area contributed by atoms with Crippen LogP contribution in [0.25, 0.3) is 0 Å². The molecule has 0 aromatic heterocycles. The summed E-state index contributed by atoms with van der Waals surface area (Å²) < 4.78 is 5.01. The average Bonchev–Trinajstić information content (AvgIpc) is 2.44. The third kappa shape index (κ3) is 6.77. The zero-order valence-corrected chi connectivity index (χ0v) is 13.1. The van der Waals surface area contributed by atoms with E-state index in [2.05, 4.69) is 29.5 Å². The van der Waals surface area contributed by atoms with Crippen LogP contribution in [0.5, 0.6) is 0 Å². The Hall–Kier alpha value is -1.34. The second-order valence-corrected chi connectivity index (χ2v) is 6.13. The first-order chi connectivity index (χ1) is 9.84. The highest BCUT2D eigenvalue weighted by Gasteiger charge is 2.29. The maximum absolute atomic E-state index is 11.8. The predicted molar refractivity (Wildman–Crippen MR) is 79.3 cm³/mol. The van der Waals surface area contributed by atoms with Crippen molar-refractivity contribution in [1.29, 1.82) is 0 Å². The Labute approximate surface area is 126 Å². The molecule has 122 valence electrons. The number of carbonyl (C=O) groups excluding carboxylic acids is 1. The van der Waals surface area contributed by atoms with Gasteiger partial charge in [-0.15, -0.1) is 0 Å². The molecule has 0 aromatic carbocycles. The van der Waals surface area contributed by atoms with Crippen molar-refractivity contribution in [1.82, 2.24) is 15.5 Å². The van der Waals surface area contributed by atoms with Crippen molar-refractivity contribution in [3.05, 3.63) is 0 Å². The van der Waals surface area contributed by atoms with E-state index in [0.717, 1.165) is 25.9 Å². The summed E-state index contributed by atoms with van der Waals surface area (Å²) in [5.74, 6) is -0.942. The molecule has 0 radical (unpaired) electrons. The van der Waals surface area contributed by atoms with Gasteiger partial charge in [-0.3, -0.25) is 4.79 Å². The van der Waals surface area contributed by atoms with Gasteiger partial charge in [0.05, 0.1) is 12.5 Å². The molecule has 0 saturated carbocycles. The van der Waals surface area contributed by atoms with E-state index in [1.165, 1.54) is 7.11 Å². The van der Waals surface area contributed by atoms with Gasteiger partial charge in [-0.05, 0) is 38.4 Å². The van der Waals surface area contributed by atoms with Crippen LogP contribution in [0, 0.1) is 5.41 Å². The Kier molecular flexibility index (Phi) is 6.91. The van der Waals surface area contributed by atoms with Crippen molar-refractivity contribution in [2.75, 3.05) is 40.3 Å². The van der Waals surface area contributed by atoms with E-state index in [9.17, 15) is 9.59 Å². The lowest BCUT2D eigenvalue weighted by atomic mass is 9.80. The van der Waals surface area contributed by atoms with Crippen LogP contribution < -0.4 is 10.6 Å². The van der Waals surface area contributed by atoms with Crippen molar-refractivity contribution in [2.45, 2.75) is 32.3 Å². The van der Waals surface area contributed by atoms with Gasteiger partial charge in [0.1, 0.15) is 0 Å². The highest BCUT2D eigenvalue weighted by atomic mass is 16.5. The molecule has 1 aliphatic rings. The molecule has 7 nitrogen and oxygen atoms in total. The van der Waals surface area contributed by atoms with Gasteiger partial charge in [0, 0.05) is 20.2 Å². The first kappa shape index (κ1) is 17.7. The number of likely N-dealkylation sites (tertiary alicyclic amines) is 1. The van der Waals surface area contributed by atoms with Gasteiger partial charge in [-0.2, -0.15) is 0 Å². The first-order valence-electron chi connectivity index (χ1n) is 7.29. The lowest BCUT2D eigenvalue weighted by Gasteiger charge is -2.37. The number of carbonyl (C=O) groups is 2. The summed E-state index contributed by atoms with van der Waals surface area (Å²) in [6.07, 6.45) is 1.49. The molecule has 0 spiro atoms. The van der Waals surface area contributed by atoms with Gasteiger partial charge in [0.25, 0.3) is 0 Å². The SMILES string of the molecule is COC(CNC(=O)NCC1(C)CCN(C)CC1)CC(=O)O. The molecule has 0 aromatic rings. The van der Waals surface area contributed by atoms with Gasteiger partial charge in [0.15, 0.2) is 0 Å². The molecule has 1 rings (SSSR count). The van der Waals surface area contributed by atoms with E-state index in [4.69, 9.17) is 9.84 Å². The fourth-order valence-electron chi connectivity index (χ4n) is 2.33. The summed E-state index contributed by atoms with van der Waals surface area (Å²) in [7, 11) is 3.54. The minimum Gasteiger partial charge on any atom is -0.481 e. The van der Waals surface area contributed by atoms with Crippen LogP contribution in [-0.2, 0) is 9.53 Å². The zero-order valence-electron chi connectivity index (χ0n) is 13.1. The summed E-state index contributed by atoms with van der Waals surface area (Å²) in [6, 6.07) is -0.275. The van der Waals surface area contributed by atoms with E-state index < -0.39 is 12.1 Å². The summed E-state index contributed by atoms with van der Waals surface area (Å²) >= 11 is 0. The Balaban J connectivity index is 2.25. The summed E-state index contributed by atoms with van der Waals surface area (Å²) in [5, 5.41) is 14.2. The van der Waals surface area contributed by atoms with Crippen LogP contribution in [0.4, 0.5) is 4.79 Å². The maximum Gasteiger partial charge on any atom is 0.314 e. The van der Waals surface area contributed by atoms with Crippen molar-refractivity contribution < 1.29 is 19.4 Å². The highest BCUT2D eigenvalue weighted by Crippen LogP contribution is 2.29. The van der Waals surface area contributed by atoms with Gasteiger partial charge in [-0.1, -0.05) is 6.92 Å². The molecule has 1 saturated heterocycles. The number of nitrogens with zero attached hydrogens (tertiary/aromatic N) is 1. The number of hydrogen-bond acceptors (Lipinski definition) is 4. The van der Waals surface area contributed by atoms with Gasteiger partial charge >= 0.3 is 12.0 Å². The molecular weight excluding hydrogens is 274 g/mol. The number of amides is 2. The van der Waals surface area contributed by atoms with Crippen LogP contribution in [0.1, 0.15) is 26.2 Å². The van der Waals surface area contributed by atoms with Crippen molar-refractivity contribution in [3.8, 4) is 0 Å². The third-order valence-corrected chi connectivity index (χ3v) is 4.10.